The topological polar surface area (TPSA) is 26.0 Å². The molecule has 0 atom stereocenters. The summed E-state index contributed by atoms with van der Waals surface area (Å²) >= 11 is 0. The Kier molecular flexibility index (Phi) is 5.14. The summed E-state index contributed by atoms with van der Waals surface area (Å²) in [5, 5.41) is 1.13. The van der Waals surface area contributed by atoms with Gasteiger partial charge >= 0.3 is 0 Å². The summed E-state index contributed by atoms with van der Waals surface area (Å²) in [5.41, 5.74) is 10.1. The van der Waals surface area contributed by atoms with Crippen LogP contribution in [0.4, 0.5) is 0 Å². The summed E-state index contributed by atoms with van der Waals surface area (Å²) in [5.74, 6) is 1.38. The van der Waals surface area contributed by atoms with Crippen LogP contribution in [0, 0.1) is 13.8 Å². The SMILES string of the molecule is Cc1cnc(-c2cc(-c3ccccc3)c3oc(-c4ccccc4)c(C)c3c2)cc1C(C)C. The van der Waals surface area contributed by atoms with Crippen molar-refractivity contribution in [3.8, 4) is 33.7 Å². The Morgan fingerprint density at radius 2 is 1.41 bits per heavy atom. The van der Waals surface area contributed by atoms with Crippen molar-refractivity contribution in [1.82, 2.24) is 4.98 Å². The number of benzene rings is 3. The fourth-order valence-electron chi connectivity index (χ4n) is 4.48. The van der Waals surface area contributed by atoms with Crippen LogP contribution in [0.15, 0.2) is 89.5 Å². The third kappa shape index (κ3) is 3.52. The quantitative estimate of drug-likeness (QED) is 0.293. The maximum absolute atomic E-state index is 6.52. The van der Waals surface area contributed by atoms with E-state index in [0.717, 1.165) is 50.2 Å². The van der Waals surface area contributed by atoms with E-state index < -0.39 is 0 Å². The van der Waals surface area contributed by atoms with Gasteiger partial charge in [0.2, 0.25) is 0 Å². The lowest BCUT2D eigenvalue weighted by atomic mass is 9.94. The van der Waals surface area contributed by atoms with Crippen molar-refractivity contribution in [2.75, 3.05) is 0 Å². The van der Waals surface area contributed by atoms with E-state index in [9.17, 15) is 0 Å². The zero-order valence-corrected chi connectivity index (χ0v) is 19.0. The van der Waals surface area contributed by atoms with Gasteiger partial charge in [0.15, 0.2) is 0 Å². The van der Waals surface area contributed by atoms with Crippen molar-refractivity contribution in [1.29, 1.82) is 0 Å². The molecule has 0 bridgehead atoms. The first-order chi connectivity index (χ1) is 15.5. The Labute approximate surface area is 189 Å². The van der Waals surface area contributed by atoms with Crippen molar-refractivity contribution in [2.45, 2.75) is 33.6 Å². The van der Waals surface area contributed by atoms with Crippen LogP contribution in [0.1, 0.15) is 36.5 Å². The highest BCUT2D eigenvalue weighted by Gasteiger charge is 2.19. The molecule has 158 valence electrons. The highest BCUT2D eigenvalue weighted by Crippen LogP contribution is 2.41. The molecule has 32 heavy (non-hydrogen) atoms. The van der Waals surface area contributed by atoms with E-state index in [1.54, 1.807) is 0 Å². The molecule has 0 unspecified atom stereocenters. The lowest BCUT2D eigenvalue weighted by molar-refractivity contribution is 0.630. The van der Waals surface area contributed by atoms with Gasteiger partial charge in [0, 0.05) is 33.8 Å². The first-order valence-corrected chi connectivity index (χ1v) is 11.2. The average Bonchev–Trinajstić information content (AvgIpc) is 3.16. The number of fused-ring (bicyclic) bond motifs is 1. The predicted octanol–water partition coefficient (Wildman–Crippen LogP) is 8.57. The summed E-state index contributed by atoms with van der Waals surface area (Å²) in [7, 11) is 0. The standard InChI is InChI=1S/C30H27NO/c1-19(2)25-17-28(31-18-20(25)3)24-15-26-21(4)29(23-13-9-6-10-14-23)32-30(26)27(16-24)22-11-7-5-8-12-22/h5-19H,1-4H3. The van der Waals surface area contributed by atoms with Crippen LogP contribution >= 0.6 is 0 Å². The Morgan fingerprint density at radius 1 is 0.750 bits per heavy atom. The van der Waals surface area contributed by atoms with Crippen LogP contribution in [0.3, 0.4) is 0 Å². The molecule has 0 aliphatic carbocycles. The van der Waals surface area contributed by atoms with E-state index in [0.29, 0.717) is 5.92 Å². The van der Waals surface area contributed by atoms with Gasteiger partial charge in [0.05, 0.1) is 5.69 Å². The maximum Gasteiger partial charge on any atom is 0.142 e. The van der Waals surface area contributed by atoms with Crippen molar-refractivity contribution in [3.63, 3.8) is 0 Å². The number of hydrogen-bond acceptors (Lipinski definition) is 2. The summed E-state index contributed by atoms with van der Waals surface area (Å²) in [4.78, 5) is 4.80. The first-order valence-electron chi connectivity index (χ1n) is 11.2. The summed E-state index contributed by atoms with van der Waals surface area (Å²) in [6.45, 7) is 8.75. The van der Waals surface area contributed by atoms with Crippen LogP contribution < -0.4 is 0 Å². The van der Waals surface area contributed by atoms with Gasteiger partial charge in [-0.2, -0.15) is 0 Å². The molecule has 2 nitrogen and oxygen atoms in total. The second-order valence-corrected chi connectivity index (χ2v) is 8.77. The molecular weight excluding hydrogens is 390 g/mol. The number of aryl methyl sites for hydroxylation is 2. The molecule has 0 fully saturated rings. The molecule has 3 aromatic carbocycles. The van der Waals surface area contributed by atoms with Gasteiger partial charge in [0.1, 0.15) is 11.3 Å². The summed E-state index contributed by atoms with van der Waals surface area (Å²) in [6.07, 6.45) is 1.99. The minimum Gasteiger partial charge on any atom is -0.455 e. The number of furan rings is 1. The van der Waals surface area contributed by atoms with Crippen LogP contribution in [0.2, 0.25) is 0 Å². The van der Waals surface area contributed by atoms with Gasteiger partial charge in [-0.05, 0) is 54.7 Å². The van der Waals surface area contributed by atoms with Crippen molar-refractivity contribution in [3.05, 3.63) is 102 Å². The fraction of sp³-hybridized carbons (Fsp3) is 0.167. The Balaban J connectivity index is 1.79. The largest absolute Gasteiger partial charge is 0.455 e. The van der Waals surface area contributed by atoms with Gasteiger partial charge in [-0.15, -0.1) is 0 Å². The van der Waals surface area contributed by atoms with Crippen molar-refractivity contribution < 1.29 is 4.42 Å². The molecule has 5 rings (SSSR count). The molecular formula is C30H27NO. The molecule has 0 aliphatic heterocycles. The van der Waals surface area contributed by atoms with Gasteiger partial charge < -0.3 is 4.42 Å². The summed E-state index contributed by atoms with van der Waals surface area (Å²) in [6, 6.07) is 27.5. The molecule has 5 aromatic rings. The predicted molar refractivity (Wildman–Crippen MR) is 134 cm³/mol. The Morgan fingerprint density at radius 3 is 2.06 bits per heavy atom. The first kappa shape index (κ1) is 20.3. The zero-order chi connectivity index (χ0) is 22.2. The zero-order valence-electron chi connectivity index (χ0n) is 19.0. The molecule has 2 heteroatoms. The normalized spacial score (nSPS) is 11.4. The van der Waals surface area contributed by atoms with E-state index in [2.05, 4.69) is 94.4 Å². The van der Waals surface area contributed by atoms with Crippen molar-refractivity contribution >= 4 is 11.0 Å². The molecule has 0 aliphatic rings. The van der Waals surface area contributed by atoms with Gasteiger partial charge in [-0.1, -0.05) is 74.5 Å². The number of hydrogen-bond donors (Lipinski definition) is 0. The molecule has 2 aromatic heterocycles. The molecule has 0 N–H and O–H groups in total. The molecule has 0 spiro atoms. The summed E-state index contributed by atoms with van der Waals surface area (Å²) < 4.78 is 6.52. The highest BCUT2D eigenvalue weighted by atomic mass is 16.3. The monoisotopic (exact) mass is 417 g/mol. The third-order valence-corrected chi connectivity index (χ3v) is 6.22. The Bertz CT molecular complexity index is 1400. The van der Waals surface area contributed by atoms with E-state index in [1.807, 2.05) is 18.3 Å². The third-order valence-electron chi connectivity index (χ3n) is 6.22. The second-order valence-electron chi connectivity index (χ2n) is 8.77. The number of aromatic nitrogens is 1. The lowest BCUT2D eigenvalue weighted by Gasteiger charge is -2.13. The molecule has 0 saturated heterocycles. The van der Waals surface area contributed by atoms with Gasteiger partial charge in [-0.25, -0.2) is 0 Å². The molecule has 0 saturated carbocycles. The minimum absolute atomic E-state index is 0.453. The number of rotatable bonds is 4. The lowest BCUT2D eigenvalue weighted by Crippen LogP contribution is -1.95. The van der Waals surface area contributed by atoms with Crippen LogP contribution in [-0.2, 0) is 0 Å². The maximum atomic E-state index is 6.52. The molecule has 0 amide bonds. The number of nitrogens with zero attached hydrogens (tertiary/aromatic N) is 1. The number of pyridine rings is 1. The van der Waals surface area contributed by atoms with Gasteiger partial charge in [0.25, 0.3) is 0 Å². The average molecular weight is 418 g/mol. The second kappa shape index (κ2) is 8.12. The molecule has 0 radical (unpaired) electrons. The van der Waals surface area contributed by atoms with Gasteiger partial charge in [-0.3, -0.25) is 4.98 Å². The molecule has 2 heterocycles. The van der Waals surface area contributed by atoms with E-state index in [4.69, 9.17) is 9.40 Å². The fourth-order valence-corrected chi connectivity index (χ4v) is 4.48. The van der Waals surface area contributed by atoms with Crippen LogP contribution in [-0.4, -0.2) is 4.98 Å². The van der Waals surface area contributed by atoms with E-state index in [-0.39, 0.29) is 0 Å². The highest BCUT2D eigenvalue weighted by molar-refractivity contribution is 6.00. The minimum atomic E-state index is 0.453. The Hall–Kier alpha value is -3.65. The van der Waals surface area contributed by atoms with E-state index >= 15 is 0 Å². The van der Waals surface area contributed by atoms with Crippen LogP contribution in [0.5, 0.6) is 0 Å². The van der Waals surface area contributed by atoms with Crippen molar-refractivity contribution in [2.24, 2.45) is 0 Å². The smallest absolute Gasteiger partial charge is 0.142 e. The van der Waals surface area contributed by atoms with E-state index in [1.165, 1.54) is 11.1 Å². The van der Waals surface area contributed by atoms with Crippen LogP contribution in [0.25, 0.3) is 44.7 Å².